The normalized spacial score (nSPS) is 14.1. The molecule has 0 bridgehead atoms. The lowest BCUT2D eigenvalue weighted by Crippen LogP contribution is -2.35. The van der Waals surface area contributed by atoms with E-state index in [0.29, 0.717) is 71.9 Å². The van der Waals surface area contributed by atoms with Crippen LogP contribution >= 0.6 is 0 Å². The summed E-state index contributed by atoms with van der Waals surface area (Å²) in [5, 5.41) is 0. The van der Waals surface area contributed by atoms with Crippen molar-refractivity contribution in [3.63, 3.8) is 0 Å². The summed E-state index contributed by atoms with van der Waals surface area (Å²) >= 11 is 0. The predicted molar refractivity (Wildman–Crippen MR) is 275 cm³/mol. The number of hydrogen-bond acceptors (Lipinski definition) is 10. The first-order valence-corrected chi connectivity index (χ1v) is 25.6. The Labute approximate surface area is 427 Å². The molecule has 0 fully saturated rings. The zero-order chi connectivity index (χ0) is 51.4. The number of carbonyl (C=O) groups excluding carboxylic acids is 1. The zero-order valence-electron chi connectivity index (χ0n) is 42.3. The summed E-state index contributed by atoms with van der Waals surface area (Å²) < 4.78 is 103. The van der Waals surface area contributed by atoms with Crippen LogP contribution in [-0.4, -0.2) is 38.5 Å². The van der Waals surface area contributed by atoms with E-state index in [2.05, 4.69) is 20.8 Å². The van der Waals surface area contributed by atoms with Crippen LogP contribution in [0.3, 0.4) is 0 Å². The van der Waals surface area contributed by atoms with Crippen LogP contribution in [0.1, 0.15) is 129 Å². The quantitative estimate of drug-likeness (QED) is 0.0349. The molecule has 0 spiro atoms. The molecule has 6 aromatic carbocycles. The summed E-state index contributed by atoms with van der Waals surface area (Å²) in [6.45, 7) is 9.85. The summed E-state index contributed by atoms with van der Waals surface area (Å²) in [6, 6.07) is 37.5. The molecule has 0 amide bonds. The van der Waals surface area contributed by atoms with Crippen LogP contribution in [0, 0.1) is 0 Å². The van der Waals surface area contributed by atoms with Gasteiger partial charge in [0.2, 0.25) is 5.75 Å². The van der Waals surface area contributed by atoms with E-state index in [9.17, 15) is 4.79 Å². The standard InChI is InChI=1S/C60H67F3O10/c1-5-9-28-65-46-34-50(66-29-10-6-2)48-37-56(73-59(64)47-36-52(69-39-42-22-16-13-17-23-42)53(67-30-11-7-3)38-49(47)60(61,62)63)57(72-51(48)35-46)45-32-54(70-40-43-24-18-14-19-25-43)58(68-31-12-8-4)55(33-45)71-41-44-26-20-15-21-27-44/h13-27,32-36,38,56-57H,5-12,28-31,37,39-41H2,1-4H3/t56-,57+/m1/s1. The van der Waals surface area contributed by atoms with E-state index in [0.717, 1.165) is 73.8 Å². The lowest BCUT2D eigenvalue weighted by molar-refractivity contribution is -0.138. The molecule has 0 unspecified atom stereocenters. The Hall–Kier alpha value is -7.02. The molecule has 6 aromatic rings. The van der Waals surface area contributed by atoms with E-state index in [4.69, 9.17) is 42.6 Å². The molecule has 388 valence electrons. The monoisotopic (exact) mass is 1000 g/mol. The molecular weight excluding hydrogens is 938 g/mol. The van der Waals surface area contributed by atoms with Crippen LogP contribution in [0.2, 0.25) is 0 Å². The second-order valence-corrected chi connectivity index (χ2v) is 17.9. The minimum absolute atomic E-state index is 0.00543. The molecular formula is C60H67F3O10. The third kappa shape index (κ3) is 15.3. The molecule has 7 rings (SSSR count). The fraction of sp³-hybridized carbons (Fsp3) is 0.383. The number of unbranched alkanes of at least 4 members (excludes halogenated alkanes) is 4. The van der Waals surface area contributed by atoms with E-state index < -0.39 is 35.5 Å². The van der Waals surface area contributed by atoms with Crippen molar-refractivity contribution < 1.29 is 60.6 Å². The second kappa shape index (κ2) is 27.2. The molecule has 1 heterocycles. The van der Waals surface area contributed by atoms with E-state index in [1.165, 1.54) is 0 Å². The lowest BCUT2D eigenvalue weighted by Gasteiger charge is -2.35. The molecule has 73 heavy (non-hydrogen) atoms. The summed E-state index contributed by atoms with van der Waals surface area (Å²) in [6.07, 6.45) is -1.01. The number of fused-ring (bicyclic) bond motifs is 1. The summed E-state index contributed by atoms with van der Waals surface area (Å²) in [4.78, 5) is 14.8. The Morgan fingerprint density at radius 2 is 1.00 bits per heavy atom. The van der Waals surface area contributed by atoms with Crippen LogP contribution in [0.15, 0.2) is 127 Å². The molecule has 2 atom stereocenters. The van der Waals surface area contributed by atoms with Gasteiger partial charge in [-0.2, -0.15) is 13.2 Å². The van der Waals surface area contributed by atoms with Crippen molar-refractivity contribution in [2.45, 2.75) is 124 Å². The Kier molecular flexibility index (Phi) is 20.0. The van der Waals surface area contributed by atoms with Crippen LogP contribution in [0.25, 0.3) is 0 Å². The Morgan fingerprint density at radius 3 is 1.51 bits per heavy atom. The molecule has 0 saturated heterocycles. The van der Waals surface area contributed by atoms with Gasteiger partial charge in [-0.3, -0.25) is 0 Å². The minimum Gasteiger partial charge on any atom is -0.493 e. The first kappa shape index (κ1) is 53.8. The van der Waals surface area contributed by atoms with Crippen molar-refractivity contribution in [1.29, 1.82) is 0 Å². The largest absolute Gasteiger partial charge is 0.493 e. The predicted octanol–water partition coefficient (Wildman–Crippen LogP) is 15.1. The maximum absolute atomic E-state index is 15.3. The highest BCUT2D eigenvalue weighted by Gasteiger charge is 2.42. The van der Waals surface area contributed by atoms with Gasteiger partial charge in [0.05, 0.1) is 37.6 Å². The fourth-order valence-corrected chi connectivity index (χ4v) is 8.04. The van der Waals surface area contributed by atoms with Crippen molar-refractivity contribution in [2.75, 3.05) is 26.4 Å². The van der Waals surface area contributed by atoms with Gasteiger partial charge < -0.3 is 42.6 Å². The van der Waals surface area contributed by atoms with E-state index in [1.807, 2.05) is 97.9 Å². The molecule has 10 nitrogen and oxygen atoms in total. The third-order valence-corrected chi connectivity index (χ3v) is 12.1. The first-order chi connectivity index (χ1) is 35.6. The summed E-state index contributed by atoms with van der Waals surface area (Å²) in [7, 11) is 0. The van der Waals surface area contributed by atoms with Gasteiger partial charge in [-0.15, -0.1) is 0 Å². The number of hydrogen-bond donors (Lipinski definition) is 0. The number of carbonyl (C=O) groups is 1. The molecule has 13 heteroatoms. The van der Waals surface area contributed by atoms with Gasteiger partial charge in [0, 0.05) is 29.7 Å². The van der Waals surface area contributed by atoms with Crippen LogP contribution in [-0.2, 0) is 37.2 Å². The number of esters is 1. The van der Waals surface area contributed by atoms with Crippen molar-refractivity contribution in [3.8, 4) is 46.0 Å². The van der Waals surface area contributed by atoms with Gasteiger partial charge in [0.1, 0.15) is 43.2 Å². The summed E-state index contributed by atoms with van der Waals surface area (Å²) in [5.41, 5.74) is 1.60. The topological polar surface area (TPSA) is 100 Å². The first-order valence-electron chi connectivity index (χ1n) is 25.6. The van der Waals surface area contributed by atoms with Gasteiger partial charge in [0.15, 0.2) is 29.1 Å². The highest BCUT2D eigenvalue weighted by Crippen LogP contribution is 2.48. The molecule has 0 radical (unpaired) electrons. The number of benzene rings is 6. The molecule has 1 aliphatic heterocycles. The van der Waals surface area contributed by atoms with Crippen LogP contribution in [0.4, 0.5) is 13.2 Å². The van der Waals surface area contributed by atoms with Crippen molar-refractivity contribution in [1.82, 2.24) is 0 Å². The van der Waals surface area contributed by atoms with Crippen LogP contribution in [0.5, 0.6) is 46.0 Å². The van der Waals surface area contributed by atoms with Gasteiger partial charge in [-0.05, 0) is 66.6 Å². The fourth-order valence-electron chi connectivity index (χ4n) is 8.04. The average molecular weight is 1010 g/mol. The SMILES string of the molecule is CCCCOc1cc(OCCCC)c2c(c1)O[C@@H](c1cc(OCc3ccccc3)c(OCCCC)c(OCc3ccccc3)c1)[C@H](OC(=O)c1cc(OCc3ccccc3)c(OCCCC)cc1C(F)(F)F)C2. The van der Waals surface area contributed by atoms with E-state index in [-0.39, 0.29) is 44.3 Å². The molecule has 0 aromatic heterocycles. The Bertz CT molecular complexity index is 2580. The molecule has 0 aliphatic carbocycles. The number of ether oxygens (including phenoxy) is 9. The lowest BCUT2D eigenvalue weighted by atomic mass is 9.93. The second-order valence-electron chi connectivity index (χ2n) is 17.9. The highest BCUT2D eigenvalue weighted by atomic mass is 19.4. The highest BCUT2D eigenvalue weighted by molar-refractivity contribution is 5.92. The maximum atomic E-state index is 15.3. The molecule has 1 aliphatic rings. The summed E-state index contributed by atoms with van der Waals surface area (Å²) in [5.74, 6) is 0.987. The Balaban J connectivity index is 1.36. The van der Waals surface area contributed by atoms with Crippen molar-refractivity contribution in [2.24, 2.45) is 0 Å². The maximum Gasteiger partial charge on any atom is 0.417 e. The minimum atomic E-state index is -4.98. The smallest absolute Gasteiger partial charge is 0.417 e. The van der Waals surface area contributed by atoms with Gasteiger partial charge in [-0.1, -0.05) is 144 Å². The molecule has 0 N–H and O–H groups in total. The van der Waals surface area contributed by atoms with E-state index >= 15 is 13.2 Å². The van der Waals surface area contributed by atoms with Crippen molar-refractivity contribution >= 4 is 5.97 Å². The van der Waals surface area contributed by atoms with Gasteiger partial charge >= 0.3 is 12.1 Å². The number of halogens is 3. The average Bonchev–Trinajstić information content (AvgIpc) is 3.40. The third-order valence-electron chi connectivity index (χ3n) is 12.1. The van der Waals surface area contributed by atoms with Gasteiger partial charge in [0.25, 0.3) is 0 Å². The van der Waals surface area contributed by atoms with E-state index in [1.54, 1.807) is 24.3 Å². The van der Waals surface area contributed by atoms with Crippen molar-refractivity contribution in [3.05, 3.63) is 166 Å². The van der Waals surface area contributed by atoms with Gasteiger partial charge in [-0.25, -0.2) is 4.79 Å². The zero-order valence-corrected chi connectivity index (χ0v) is 42.3. The number of alkyl halides is 3. The Morgan fingerprint density at radius 1 is 0.534 bits per heavy atom. The van der Waals surface area contributed by atoms with Crippen LogP contribution < -0.4 is 37.9 Å². The molecule has 0 saturated carbocycles. The number of rotatable bonds is 28.